The lowest BCUT2D eigenvalue weighted by Crippen LogP contribution is -2.09. The van der Waals surface area contributed by atoms with Crippen LogP contribution >= 0.6 is 0 Å². The number of H-pyrrole nitrogens is 1. The van der Waals surface area contributed by atoms with Gasteiger partial charge in [-0.25, -0.2) is 4.39 Å². The van der Waals surface area contributed by atoms with E-state index in [1.807, 2.05) is 13.8 Å². The molecule has 2 rings (SSSR count). The third-order valence-corrected chi connectivity index (χ3v) is 2.96. The molecule has 0 spiro atoms. The summed E-state index contributed by atoms with van der Waals surface area (Å²) in [5.41, 5.74) is 7.82. The number of halogens is 1. The van der Waals surface area contributed by atoms with Gasteiger partial charge in [0.1, 0.15) is 0 Å². The second kappa shape index (κ2) is 6.27. The zero-order valence-electron chi connectivity index (χ0n) is 11.6. The number of ether oxygens (including phenoxy) is 1. The first-order valence-electron chi connectivity index (χ1n) is 6.58. The van der Waals surface area contributed by atoms with E-state index in [-0.39, 0.29) is 11.8 Å². The van der Waals surface area contributed by atoms with Gasteiger partial charge in [-0.05, 0) is 13.3 Å². The summed E-state index contributed by atoms with van der Waals surface area (Å²) in [7, 11) is 0. The smallest absolute Gasteiger partial charge is 0.167 e. The van der Waals surface area contributed by atoms with E-state index < -0.39 is 5.82 Å². The highest BCUT2D eigenvalue weighted by Crippen LogP contribution is 2.30. The summed E-state index contributed by atoms with van der Waals surface area (Å²) in [5, 5.41) is 9.88. The molecule has 0 aliphatic carbocycles. The normalized spacial score (nSPS) is 12.2. The van der Waals surface area contributed by atoms with Crippen molar-refractivity contribution < 1.29 is 9.13 Å². The molecule has 1 heterocycles. The van der Waals surface area contributed by atoms with Crippen molar-refractivity contribution in [3.63, 3.8) is 0 Å². The Morgan fingerprint density at radius 3 is 2.95 bits per heavy atom. The molecule has 1 atom stereocenters. The van der Waals surface area contributed by atoms with E-state index in [9.17, 15) is 4.39 Å². The molecule has 4 N–H and O–H groups in total. The van der Waals surface area contributed by atoms with Gasteiger partial charge in [0.05, 0.1) is 30.2 Å². The fraction of sp³-hybridized carbons (Fsp3) is 0.357. The van der Waals surface area contributed by atoms with Gasteiger partial charge < -0.3 is 15.8 Å². The maximum Gasteiger partial charge on any atom is 0.167 e. The van der Waals surface area contributed by atoms with Gasteiger partial charge in [-0.2, -0.15) is 5.10 Å². The van der Waals surface area contributed by atoms with Crippen LogP contribution in [0.3, 0.4) is 0 Å². The molecule has 0 saturated carbocycles. The molecule has 0 aliphatic rings. The first-order valence-corrected chi connectivity index (χ1v) is 6.58. The predicted molar refractivity (Wildman–Crippen MR) is 77.2 cm³/mol. The van der Waals surface area contributed by atoms with E-state index in [2.05, 4.69) is 15.5 Å². The van der Waals surface area contributed by atoms with Crippen LogP contribution in [0.4, 0.5) is 15.8 Å². The van der Waals surface area contributed by atoms with Crippen molar-refractivity contribution in [1.29, 1.82) is 0 Å². The van der Waals surface area contributed by atoms with E-state index in [4.69, 9.17) is 10.5 Å². The van der Waals surface area contributed by atoms with Crippen molar-refractivity contribution >= 4 is 11.4 Å². The minimum Gasteiger partial charge on any atom is -0.490 e. The van der Waals surface area contributed by atoms with E-state index >= 15 is 0 Å². The van der Waals surface area contributed by atoms with Gasteiger partial charge in [0.25, 0.3) is 0 Å². The predicted octanol–water partition coefficient (Wildman–Crippen LogP) is 3.09. The summed E-state index contributed by atoms with van der Waals surface area (Å²) in [6.45, 7) is 4.41. The molecule has 1 unspecified atom stereocenters. The Bertz CT molecular complexity index is 557. The maximum atomic E-state index is 13.7. The van der Waals surface area contributed by atoms with Gasteiger partial charge in [-0.3, -0.25) is 5.10 Å². The second-order valence-electron chi connectivity index (χ2n) is 4.62. The topological polar surface area (TPSA) is 76.0 Å². The highest BCUT2D eigenvalue weighted by Gasteiger charge is 2.12. The molecule has 2 aromatic rings. The molecule has 1 aromatic carbocycles. The highest BCUT2D eigenvalue weighted by atomic mass is 19.1. The number of hydrogen-bond acceptors (Lipinski definition) is 4. The van der Waals surface area contributed by atoms with E-state index in [0.29, 0.717) is 18.0 Å². The number of benzene rings is 1. The molecule has 0 fully saturated rings. The Labute approximate surface area is 117 Å². The van der Waals surface area contributed by atoms with Gasteiger partial charge >= 0.3 is 0 Å². The molecule has 0 amide bonds. The summed E-state index contributed by atoms with van der Waals surface area (Å²) in [6, 6.07) is 2.87. The Kier molecular flexibility index (Phi) is 4.45. The van der Waals surface area contributed by atoms with Crippen LogP contribution in [-0.4, -0.2) is 16.8 Å². The molecule has 5 nitrogen and oxygen atoms in total. The van der Waals surface area contributed by atoms with Crippen LogP contribution in [-0.2, 0) is 0 Å². The molecule has 0 bridgehead atoms. The third kappa shape index (κ3) is 3.20. The van der Waals surface area contributed by atoms with Crippen LogP contribution in [0.2, 0.25) is 0 Å². The van der Waals surface area contributed by atoms with Gasteiger partial charge in [-0.1, -0.05) is 6.92 Å². The Balaban J connectivity index is 2.18. The molecule has 0 aliphatic heterocycles. The Morgan fingerprint density at radius 1 is 1.50 bits per heavy atom. The monoisotopic (exact) mass is 278 g/mol. The third-order valence-electron chi connectivity index (χ3n) is 2.96. The number of nitrogens with two attached hydrogens (primary N) is 1. The van der Waals surface area contributed by atoms with Crippen LogP contribution < -0.4 is 15.8 Å². The van der Waals surface area contributed by atoms with Crippen molar-refractivity contribution in [2.45, 2.75) is 26.3 Å². The first kappa shape index (κ1) is 14.2. The van der Waals surface area contributed by atoms with E-state index in [1.54, 1.807) is 18.5 Å². The molecule has 0 radical (unpaired) electrons. The van der Waals surface area contributed by atoms with Gasteiger partial charge in [-0.15, -0.1) is 0 Å². The average Bonchev–Trinajstić information content (AvgIpc) is 2.94. The minimum absolute atomic E-state index is 0.000497. The zero-order chi connectivity index (χ0) is 14.5. The number of rotatable bonds is 6. The van der Waals surface area contributed by atoms with Crippen molar-refractivity contribution in [2.24, 2.45) is 0 Å². The van der Waals surface area contributed by atoms with Crippen LogP contribution in [0.25, 0.3) is 0 Å². The summed E-state index contributed by atoms with van der Waals surface area (Å²) in [4.78, 5) is 0. The number of nitrogens with zero attached hydrogens (tertiary/aromatic N) is 1. The molecule has 1 aromatic heterocycles. The van der Waals surface area contributed by atoms with Gasteiger partial charge in [0.2, 0.25) is 0 Å². The molecule has 108 valence electrons. The lowest BCUT2D eigenvalue weighted by Gasteiger charge is -2.17. The Morgan fingerprint density at radius 2 is 2.30 bits per heavy atom. The molecule has 20 heavy (non-hydrogen) atoms. The van der Waals surface area contributed by atoms with E-state index in [0.717, 1.165) is 12.0 Å². The highest BCUT2D eigenvalue weighted by molar-refractivity contribution is 5.69. The molecule has 6 heteroatoms. The number of anilines is 2. The largest absolute Gasteiger partial charge is 0.490 e. The fourth-order valence-corrected chi connectivity index (χ4v) is 1.83. The lowest BCUT2D eigenvalue weighted by atomic mass is 10.1. The molecule has 0 saturated heterocycles. The summed E-state index contributed by atoms with van der Waals surface area (Å²) >= 11 is 0. The van der Waals surface area contributed by atoms with Crippen LogP contribution in [0.5, 0.6) is 5.75 Å². The van der Waals surface area contributed by atoms with Crippen molar-refractivity contribution in [2.75, 3.05) is 17.7 Å². The van der Waals surface area contributed by atoms with E-state index in [1.165, 1.54) is 6.07 Å². The second-order valence-corrected chi connectivity index (χ2v) is 4.62. The molecular formula is C14H19FN4O. The van der Waals surface area contributed by atoms with Crippen LogP contribution in [0.1, 0.15) is 31.9 Å². The summed E-state index contributed by atoms with van der Waals surface area (Å²) in [6.07, 6.45) is 4.34. The van der Waals surface area contributed by atoms with Crippen molar-refractivity contribution in [3.05, 3.63) is 35.9 Å². The van der Waals surface area contributed by atoms with Gasteiger partial charge in [0.15, 0.2) is 11.6 Å². The zero-order valence-corrected chi connectivity index (χ0v) is 11.6. The Hall–Kier alpha value is -2.24. The summed E-state index contributed by atoms with van der Waals surface area (Å²) < 4.78 is 19.1. The lowest BCUT2D eigenvalue weighted by molar-refractivity contribution is 0.301. The summed E-state index contributed by atoms with van der Waals surface area (Å²) in [5.74, 6) is -0.236. The minimum atomic E-state index is -0.447. The molecular weight excluding hydrogens is 259 g/mol. The quantitative estimate of drug-likeness (QED) is 0.710. The number of aromatic nitrogens is 2. The number of nitrogens with one attached hydrogen (secondary N) is 2. The number of aromatic amines is 1. The fourth-order valence-electron chi connectivity index (χ4n) is 1.83. The van der Waals surface area contributed by atoms with Crippen LogP contribution in [0, 0.1) is 5.82 Å². The number of hydrogen-bond donors (Lipinski definition) is 3. The van der Waals surface area contributed by atoms with Gasteiger partial charge in [0, 0.05) is 23.9 Å². The first-order chi connectivity index (χ1) is 9.61. The maximum absolute atomic E-state index is 13.7. The van der Waals surface area contributed by atoms with Crippen LogP contribution in [0.15, 0.2) is 24.5 Å². The SMILES string of the molecule is CCCOc1cc(NC(C)c2cn[nH]c2)c(N)cc1F. The van der Waals surface area contributed by atoms with Crippen molar-refractivity contribution in [1.82, 2.24) is 10.2 Å². The average molecular weight is 278 g/mol. The number of nitrogen functional groups attached to an aromatic ring is 1. The standard InChI is InChI=1S/C14H19FN4O/c1-3-4-20-14-6-13(12(16)5-11(14)15)19-9(2)10-7-17-18-8-10/h5-9,19H,3-4,16H2,1-2H3,(H,17,18). The van der Waals surface area contributed by atoms with Crippen molar-refractivity contribution in [3.8, 4) is 5.75 Å².